The Hall–Kier alpha value is -1.85. The van der Waals surface area contributed by atoms with E-state index in [2.05, 4.69) is 5.32 Å². The largest absolute Gasteiger partial charge is 0.335 e. The molecule has 1 N–H and O–H groups in total. The Morgan fingerprint density at radius 2 is 2.06 bits per heavy atom. The number of nitrogens with zero attached hydrogens (tertiary/aromatic N) is 2. The molecule has 2 aliphatic heterocycles. The molecule has 6 nitrogen and oxygen atoms in total. The number of carbonyl (C=O) groups excluding carboxylic acids is 3. The zero-order valence-electron chi connectivity index (χ0n) is 10.4. The van der Waals surface area contributed by atoms with Crippen LogP contribution in [0.4, 0.5) is 4.79 Å². The van der Waals surface area contributed by atoms with Crippen molar-refractivity contribution < 1.29 is 14.4 Å². The average molecular weight is 251 g/mol. The number of nitrogens with one attached hydrogen (secondary N) is 1. The Bertz CT molecular complexity index is 397. The van der Waals surface area contributed by atoms with E-state index in [1.54, 1.807) is 4.90 Å². The fraction of sp³-hybridized carbons (Fsp3) is 0.583. The second kappa shape index (κ2) is 5.20. The number of rotatable bonds is 4. The Labute approximate surface area is 106 Å². The standard InChI is InChI=1S/C12H17N3O3/c1-2-5-15-11(17)9(13-12(15)18)8-10(16)14-6-3-4-7-14/h3-4,9H,2,5-8H2,1H3,(H,13,18). The quantitative estimate of drug-likeness (QED) is 0.569. The molecule has 0 radical (unpaired) electrons. The van der Waals surface area contributed by atoms with Gasteiger partial charge in [-0.1, -0.05) is 19.1 Å². The van der Waals surface area contributed by atoms with Crippen molar-refractivity contribution in [3.05, 3.63) is 12.2 Å². The lowest BCUT2D eigenvalue weighted by Gasteiger charge is -2.17. The van der Waals surface area contributed by atoms with Crippen LogP contribution in [0, 0.1) is 0 Å². The average Bonchev–Trinajstić information content (AvgIpc) is 2.94. The van der Waals surface area contributed by atoms with Crippen molar-refractivity contribution >= 4 is 17.8 Å². The third-order valence-electron chi connectivity index (χ3n) is 3.10. The monoisotopic (exact) mass is 251 g/mol. The number of imide groups is 1. The summed E-state index contributed by atoms with van der Waals surface area (Å²) >= 11 is 0. The highest BCUT2D eigenvalue weighted by Gasteiger charge is 2.39. The highest BCUT2D eigenvalue weighted by molar-refractivity contribution is 6.05. The van der Waals surface area contributed by atoms with E-state index in [0.717, 1.165) is 6.42 Å². The zero-order chi connectivity index (χ0) is 13.1. The van der Waals surface area contributed by atoms with E-state index in [1.165, 1.54) is 4.90 Å². The molecule has 0 aliphatic carbocycles. The summed E-state index contributed by atoms with van der Waals surface area (Å²) in [4.78, 5) is 38.2. The summed E-state index contributed by atoms with van der Waals surface area (Å²) in [6, 6.07) is -1.09. The first-order valence-corrected chi connectivity index (χ1v) is 6.18. The SMILES string of the molecule is CCCN1C(=O)NC(CC(=O)N2CC=CC2)C1=O. The summed E-state index contributed by atoms with van der Waals surface area (Å²) in [6.45, 7) is 3.48. The van der Waals surface area contributed by atoms with Crippen LogP contribution >= 0.6 is 0 Å². The van der Waals surface area contributed by atoms with Crippen LogP contribution in [0.5, 0.6) is 0 Å². The van der Waals surface area contributed by atoms with Crippen molar-refractivity contribution in [1.29, 1.82) is 0 Å². The van der Waals surface area contributed by atoms with E-state index in [4.69, 9.17) is 0 Å². The fourth-order valence-electron chi connectivity index (χ4n) is 2.14. The maximum Gasteiger partial charge on any atom is 0.324 e. The second-order valence-corrected chi connectivity index (χ2v) is 4.47. The van der Waals surface area contributed by atoms with Crippen LogP contribution in [0.2, 0.25) is 0 Å². The van der Waals surface area contributed by atoms with Gasteiger partial charge in [0, 0.05) is 19.6 Å². The Morgan fingerprint density at radius 3 is 2.67 bits per heavy atom. The minimum atomic E-state index is -0.697. The highest BCUT2D eigenvalue weighted by Crippen LogP contribution is 2.12. The summed E-state index contributed by atoms with van der Waals surface area (Å²) < 4.78 is 0. The van der Waals surface area contributed by atoms with Crippen molar-refractivity contribution in [3.63, 3.8) is 0 Å². The number of urea groups is 1. The maximum atomic E-state index is 11.9. The molecule has 0 aromatic heterocycles. The number of hydrogen-bond acceptors (Lipinski definition) is 3. The first kappa shape index (κ1) is 12.6. The molecule has 98 valence electrons. The molecule has 4 amide bonds. The van der Waals surface area contributed by atoms with Crippen molar-refractivity contribution in [2.75, 3.05) is 19.6 Å². The van der Waals surface area contributed by atoms with Gasteiger partial charge in [0.05, 0.1) is 6.42 Å². The van der Waals surface area contributed by atoms with Gasteiger partial charge in [-0.05, 0) is 6.42 Å². The van der Waals surface area contributed by atoms with Gasteiger partial charge >= 0.3 is 6.03 Å². The van der Waals surface area contributed by atoms with E-state index in [0.29, 0.717) is 19.6 Å². The molecule has 1 fully saturated rings. The molecule has 1 unspecified atom stereocenters. The van der Waals surface area contributed by atoms with Gasteiger partial charge < -0.3 is 10.2 Å². The van der Waals surface area contributed by atoms with Gasteiger partial charge in [0.2, 0.25) is 5.91 Å². The van der Waals surface area contributed by atoms with Crippen molar-refractivity contribution in [2.45, 2.75) is 25.8 Å². The molecule has 0 aromatic rings. The van der Waals surface area contributed by atoms with Crippen molar-refractivity contribution in [3.8, 4) is 0 Å². The van der Waals surface area contributed by atoms with Gasteiger partial charge in [-0.3, -0.25) is 14.5 Å². The summed E-state index contributed by atoms with van der Waals surface area (Å²) in [6.07, 6.45) is 4.59. The van der Waals surface area contributed by atoms with E-state index >= 15 is 0 Å². The lowest BCUT2D eigenvalue weighted by molar-refractivity contribution is -0.134. The normalized spacial score (nSPS) is 22.8. The number of hydrogen-bond donors (Lipinski definition) is 1. The topological polar surface area (TPSA) is 69.7 Å². The Morgan fingerprint density at radius 1 is 1.39 bits per heavy atom. The Kier molecular flexibility index (Phi) is 3.64. The third-order valence-corrected chi connectivity index (χ3v) is 3.10. The van der Waals surface area contributed by atoms with Crippen LogP contribution in [0.25, 0.3) is 0 Å². The smallest absolute Gasteiger partial charge is 0.324 e. The lowest BCUT2D eigenvalue weighted by atomic mass is 10.2. The molecule has 1 atom stereocenters. The lowest BCUT2D eigenvalue weighted by Crippen LogP contribution is -2.38. The summed E-state index contributed by atoms with van der Waals surface area (Å²) in [7, 11) is 0. The van der Waals surface area contributed by atoms with Gasteiger partial charge in [-0.25, -0.2) is 4.79 Å². The van der Waals surface area contributed by atoms with Gasteiger partial charge in [-0.2, -0.15) is 0 Å². The molecule has 0 saturated carbocycles. The minimum Gasteiger partial charge on any atom is -0.335 e. The van der Waals surface area contributed by atoms with Crippen LogP contribution in [-0.2, 0) is 9.59 Å². The number of carbonyl (C=O) groups is 3. The number of amides is 4. The first-order chi connectivity index (χ1) is 8.63. The summed E-state index contributed by atoms with van der Waals surface area (Å²) in [5, 5.41) is 2.56. The Balaban J connectivity index is 1.92. The molecular weight excluding hydrogens is 234 g/mol. The molecule has 0 aromatic carbocycles. The molecule has 0 spiro atoms. The third kappa shape index (κ3) is 2.37. The zero-order valence-corrected chi connectivity index (χ0v) is 10.4. The summed E-state index contributed by atoms with van der Waals surface area (Å²) in [5.74, 6) is -0.389. The predicted octanol–water partition coefficient (Wildman–Crippen LogP) is 0.105. The fourth-order valence-corrected chi connectivity index (χ4v) is 2.14. The van der Waals surface area contributed by atoms with Crippen LogP contribution < -0.4 is 5.32 Å². The maximum absolute atomic E-state index is 11.9. The highest BCUT2D eigenvalue weighted by atomic mass is 16.2. The summed E-state index contributed by atoms with van der Waals surface area (Å²) in [5.41, 5.74) is 0. The molecular formula is C12H17N3O3. The van der Waals surface area contributed by atoms with Gasteiger partial charge in [-0.15, -0.1) is 0 Å². The molecule has 6 heteroatoms. The van der Waals surface area contributed by atoms with E-state index < -0.39 is 6.04 Å². The van der Waals surface area contributed by atoms with Gasteiger partial charge in [0.1, 0.15) is 6.04 Å². The first-order valence-electron chi connectivity index (χ1n) is 6.18. The van der Waals surface area contributed by atoms with Crippen LogP contribution in [0.1, 0.15) is 19.8 Å². The van der Waals surface area contributed by atoms with Crippen LogP contribution in [0.15, 0.2) is 12.2 Å². The molecule has 18 heavy (non-hydrogen) atoms. The molecule has 1 saturated heterocycles. The van der Waals surface area contributed by atoms with E-state index in [9.17, 15) is 14.4 Å². The molecule has 2 aliphatic rings. The predicted molar refractivity (Wildman–Crippen MR) is 64.7 cm³/mol. The molecule has 0 bridgehead atoms. The van der Waals surface area contributed by atoms with Crippen LogP contribution in [-0.4, -0.2) is 53.3 Å². The van der Waals surface area contributed by atoms with Crippen molar-refractivity contribution in [1.82, 2.24) is 15.1 Å². The molecule has 2 heterocycles. The van der Waals surface area contributed by atoms with E-state index in [-0.39, 0.29) is 24.3 Å². The van der Waals surface area contributed by atoms with Gasteiger partial charge in [0.25, 0.3) is 5.91 Å². The van der Waals surface area contributed by atoms with Gasteiger partial charge in [0.15, 0.2) is 0 Å². The molecule has 2 rings (SSSR count). The van der Waals surface area contributed by atoms with E-state index in [1.807, 2.05) is 19.1 Å². The minimum absolute atomic E-state index is 0.0481. The second-order valence-electron chi connectivity index (χ2n) is 4.47. The van der Waals surface area contributed by atoms with Crippen LogP contribution in [0.3, 0.4) is 0 Å². The van der Waals surface area contributed by atoms with Crippen molar-refractivity contribution in [2.24, 2.45) is 0 Å².